The van der Waals surface area contributed by atoms with Crippen molar-refractivity contribution >= 4 is 33.6 Å². The van der Waals surface area contributed by atoms with Gasteiger partial charge in [-0.05, 0) is 40.2 Å². The first kappa shape index (κ1) is 12.9. The minimum absolute atomic E-state index is 0.131. The quantitative estimate of drug-likeness (QED) is 0.835. The maximum absolute atomic E-state index is 13.7. The number of carbonyl (C=O) groups excluding carboxylic acids is 1. The molecule has 1 aliphatic heterocycles. The SMILES string of the molecule is CN(C(=O)c1c(F)cccc1Br)C1CCSC1. The van der Waals surface area contributed by atoms with Crippen molar-refractivity contribution in [1.29, 1.82) is 0 Å². The van der Waals surface area contributed by atoms with Crippen molar-refractivity contribution in [2.45, 2.75) is 12.5 Å². The largest absolute Gasteiger partial charge is 0.338 e. The smallest absolute Gasteiger partial charge is 0.258 e. The molecule has 1 saturated heterocycles. The predicted molar refractivity (Wildman–Crippen MR) is 71.9 cm³/mol. The van der Waals surface area contributed by atoms with Crippen LogP contribution in [-0.2, 0) is 0 Å². The highest BCUT2D eigenvalue weighted by Gasteiger charge is 2.27. The highest BCUT2D eigenvalue weighted by molar-refractivity contribution is 9.10. The topological polar surface area (TPSA) is 20.3 Å². The van der Waals surface area contributed by atoms with Gasteiger partial charge in [0, 0.05) is 23.3 Å². The number of thioether (sulfide) groups is 1. The van der Waals surface area contributed by atoms with Gasteiger partial charge in [0.15, 0.2) is 0 Å². The molecule has 0 saturated carbocycles. The van der Waals surface area contributed by atoms with Crippen molar-refractivity contribution in [2.75, 3.05) is 18.6 Å². The van der Waals surface area contributed by atoms with Crippen LogP contribution in [0, 0.1) is 5.82 Å². The van der Waals surface area contributed by atoms with E-state index < -0.39 is 5.82 Å². The van der Waals surface area contributed by atoms with Gasteiger partial charge in [0.05, 0.1) is 5.56 Å². The first-order chi connectivity index (χ1) is 8.11. The fraction of sp³-hybridized carbons (Fsp3) is 0.417. The Hall–Kier alpha value is -0.550. The molecule has 5 heteroatoms. The summed E-state index contributed by atoms with van der Waals surface area (Å²) in [6.07, 6.45) is 0.985. The molecule has 0 spiro atoms. The van der Waals surface area contributed by atoms with Crippen LogP contribution in [0.15, 0.2) is 22.7 Å². The third-order valence-corrected chi connectivity index (χ3v) is 4.76. The summed E-state index contributed by atoms with van der Waals surface area (Å²) in [6, 6.07) is 4.81. The summed E-state index contributed by atoms with van der Waals surface area (Å²) in [5.74, 6) is 1.29. The molecular weight excluding hydrogens is 305 g/mol. The van der Waals surface area contributed by atoms with Crippen LogP contribution in [0.1, 0.15) is 16.8 Å². The molecule has 1 aromatic carbocycles. The zero-order valence-corrected chi connectivity index (χ0v) is 11.9. The van der Waals surface area contributed by atoms with E-state index in [0.29, 0.717) is 4.47 Å². The predicted octanol–water partition coefficient (Wildman–Crippen LogP) is 3.17. The number of carbonyl (C=O) groups is 1. The lowest BCUT2D eigenvalue weighted by Crippen LogP contribution is -2.37. The number of nitrogens with zero attached hydrogens (tertiary/aromatic N) is 1. The monoisotopic (exact) mass is 317 g/mol. The van der Waals surface area contributed by atoms with E-state index in [-0.39, 0.29) is 17.5 Å². The molecule has 2 nitrogen and oxygen atoms in total. The molecule has 0 radical (unpaired) electrons. The van der Waals surface area contributed by atoms with Crippen molar-refractivity contribution in [3.05, 3.63) is 34.1 Å². The molecule has 17 heavy (non-hydrogen) atoms. The second-order valence-corrected chi connectivity index (χ2v) is 6.03. The average Bonchev–Trinajstić information content (AvgIpc) is 2.81. The Morgan fingerprint density at radius 1 is 1.59 bits per heavy atom. The molecule has 1 fully saturated rings. The third kappa shape index (κ3) is 2.65. The summed E-state index contributed by atoms with van der Waals surface area (Å²) >= 11 is 5.06. The average molecular weight is 318 g/mol. The zero-order chi connectivity index (χ0) is 12.4. The molecule has 1 aromatic rings. The second-order valence-electron chi connectivity index (χ2n) is 4.03. The van der Waals surface area contributed by atoms with Gasteiger partial charge in [0.1, 0.15) is 5.82 Å². The molecule has 2 rings (SSSR count). The van der Waals surface area contributed by atoms with Gasteiger partial charge in [-0.15, -0.1) is 0 Å². The lowest BCUT2D eigenvalue weighted by molar-refractivity contribution is 0.0742. The Kier molecular flexibility index (Phi) is 4.09. The van der Waals surface area contributed by atoms with E-state index in [9.17, 15) is 9.18 Å². The number of amides is 1. The fourth-order valence-corrected chi connectivity index (χ4v) is 3.65. The lowest BCUT2D eigenvalue weighted by Gasteiger charge is -2.24. The van der Waals surface area contributed by atoms with Crippen LogP contribution in [0.5, 0.6) is 0 Å². The molecule has 0 aromatic heterocycles. The number of benzene rings is 1. The summed E-state index contributed by atoms with van der Waals surface area (Å²) in [5.41, 5.74) is 0.131. The summed E-state index contributed by atoms with van der Waals surface area (Å²) < 4.78 is 14.2. The number of hydrogen-bond acceptors (Lipinski definition) is 2. The van der Waals surface area contributed by atoms with Crippen LogP contribution in [-0.4, -0.2) is 35.4 Å². The van der Waals surface area contributed by atoms with Gasteiger partial charge in [-0.2, -0.15) is 11.8 Å². The van der Waals surface area contributed by atoms with Gasteiger partial charge in [0.25, 0.3) is 5.91 Å². The maximum atomic E-state index is 13.7. The van der Waals surface area contributed by atoms with Crippen molar-refractivity contribution < 1.29 is 9.18 Å². The Bertz CT molecular complexity index is 414. The van der Waals surface area contributed by atoms with Gasteiger partial charge in [-0.3, -0.25) is 4.79 Å². The van der Waals surface area contributed by atoms with E-state index in [1.165, 1.54) is 6.07 Å². The molecule has 1 aliphatic rings. The maximum Gasteiger partial charge on any atom is 0.258 e. The van der Waals surface area contributed by atoms with Crippen LogP contribution < -0.4 is 0 Å². The lowest BCUT2D eigenvalue weighted by atomic mass is 10.1. The standard InChI is InChI=1S/C12H13BrFNOS/c1-15(8-5-6-17-7-8)12(16)11-9(13)3-2-4-10(11)14/h2-4,8H,5-7H2,1H3. The molecule has 0 bridgehead atoms. The molecule has 1 amide bonds. The molecular formula is C12H13BrFNOS. The van der Waals surface area contributed by atoms with Gasteiger partial charge < -0.3 is 4.90 Å². The molecule has 92 valence electrons. The molecule has 0 aliphatic carbocycles. The van der Waals surface area contributed by atoms with E-state index in [0.717, 1.165) is 17.9 Å². The first-order valence-corrected chi connectivity index (χ1v) is 7.35. The number of rotatable bonds is 2. The molecule has 1 atom stereocenters. The second kappa shape index (κ2) is 5.40. The summed E-state index contributed by atoms with van der Waals surface area (Å²) in [4.78, 5) is 13.9. The van der Waals surface area contributed by atoms with Crippen molar-refractivity contribution in [2.24, 2.45) is 0 Å². The first-order valence-electron chi connectivity index (χ1n) is 5.40. The molecule has 1 unspecified atom stereocenters. The minimum Gasteiger partial charge on any atom is -0.338 e. The number of halogens is 2. The highest BCUT2D eigenvalue weighted by Crippen LogP contribution is 2.26. The van der Waals surface area contributed by atoms with Crippen LogP contribution in [0.2, 0.25) is 0 Å². The Morgan fingerprint density at radius 3 is 2.94 bits per heavy atom. The fourth-order valence-electron chi connectivity index (χ4n) is 1.87. The normalized spacial score (nSPS) is 19.4. The Labute approximate surface area is 113 Å². The molecule has 0 N–H and O–H groups in total. The Balaban J connectivity index is 2.24. The Morgan fingerprint density at radius 2 is 2.35 bits per heavy atom. The van der Waals surface area contributed by atoms with E-state index in [1.54, 1.807) is 24.1 Å². The van der Waals surface area contributed by atoms with Gasteiger partial charge in [0.2, 0.25) is 0 Å². The van der Waals surface area contributed by atoms with Crippen LogP contribution >= 0.6 is 27.7 Å². The minimum atomic E-state index is -0.470. The summed E-state index contributed by atoms with van der Waals surface area (Å²) in [7, 11) is 1.75. The van der Waals surface area contributed by atoms with E-state index >= 15 is 0 Å². The zero-order valence-electron chi connectivity index (χ0n) is 9.45. The van der Waals surface area contributed by atoms with E-state index in [4.69, 9.17) is 0 Å². The van der Waals surface area contributed by atoms with Crippen molar-refractivity contribution in [3.63, 3.8) is 0 Å². The van der Waals surface area contributed by atoms with E-state index in [1.807, 2.05) is 11.8 Å². The van der Waals surface area contributed by atoms with Gasteiger partial charge in [-0.1, -0.05) is 6.07 Å². The highest BCUT2D eigenvalue weighted by atomic mass is 79.9. The van der Waals surface area contributed by atoms with Crippen molar-refractivity contribution in [1.82, 2.24) is 4.90 Å². The van der Waals surface area contributed by atoms with Crippen LogP contribution in [0.4, 0.5) is 4.39 Å². The third-order valence-electron chi connectivity index (χ3n) is 2.95. The summed E-state index contributed by atoms with van der Waals surface area (Å²) in [5, 5.41) is 0. The summed E-state index contributed by atoms with van der Waals surface area (Å²) in [6.45, 7) is 0. The van der Waals surface area contributed by atoms with E-state index in [2.05, 4.69) is 15.9 Å². The van der Waals surface area contributed by atoms with Gasteiger partial charge in [-0.25, -0.2) is 4.39 Å². The van der Waals surface area contributed by atoms with Crippen molar-refractivity contribution in [3.8, 4) is 0 Å². The van der Waals surface area contributed by atoms with Crippen LogP contribution in [0.3, 0.4) is 0 Å². The molecule has 1 heterocycles. The number of hydrogen-bond donors (Lipinski definition) is 0. The van der Waals surface area contributed by atoms with Gasteiger partial charge >= 0.3 is 0 Å². The van der Waals surface area contributed by atoms with Crippen LogP contribution in [0.25, 0.3) is 0 Å².